The maximum Gasteiger partial charge on any atom is 0.314 e. The van der Waals surface area contributed by atoms with E-state index >= 15 is 0 Å². The predicted molar refractivity (Wildman–Crippen MR) is 54.7 cm³/mol. The lowest BCUT2D eigenvalue weighted by molar-refractivity contribution is -0.578. The number of aromatic nitrogens is 2. The highest BCUT2D eigenvalue weighted by molar-refractivity contribution is 5.72. The molecule has 0 fully saturated rings. The third kappa shape index (κ3) is 1.76. The van der Waals surface area contributed by atoms with Gasteiger partial charge < -0.3 is 14.9 Å². The van der Waals surface area contributed by atoms with Crippen molar-refractivity contribution in [1.29, 1.82) is 0 Å². The molecule has 2 aromatic rings. The molecule has 0 unspecified atom stereocenters. The van der Waals surface area contributed by atoms with E-state index in [1.807, 2.05) is 6.92 Å². The molecule has 1 aromatic carbocycles. The van der Waals surface area contributed by atoms with Gasteiger partial charge >= 0.3 is 5.56 Å². The molecule has 0 aliphatic heterocycles. The minimum absolute atomic E-state index is 0.389. The summed E-state index contributed by atoms with van der Waals surface area (Å²) in [7, 11) is 0. The fraction of sp³-hybridized carbons (Fsp3) is 0.200. The lowest BCUT2D eigenvalue weighted by Crippen LogP contribution is -2.32. The van der Waals surface area contributed by atoms with E-state index < -0.39 is 5.56 Å². The Morgan fingerprint density at radius 2 is 2.33 bits per heavy atom. The van der Waals surface area contributed by atoms with E-state index in [0.29, 0.717) is 28.1 Å². The van der Waals surface area contributed by atoms with E-state index in [1.165, 1.54) is 0 Å². The predicted octanol–water partition coefficient (Wildman–Crippen LogP) is 0.560. The average Bonchev–Trinajstić information content (AvgIpc) is 2.19. The molecular formula is C10H10N2O3. The third-order valence-electron chi connectivity index (χ3n) is 2.01. The summed E-state index contributed by atoms with van der Waals surface area (Å²) in [6.45, 7) is 2.40. The van der Waals surface area contributed by atoms with Crippen molar-refractivity contribution in [3.8, 4) is 5.75 Å². The van der Waals surface area contributed by atoms with Gasteiger partial charge in [0.05, 0.1) is 12.7 Å². The second-order valence-electron chi connectivity index (χ2n) is 3.06. The Morgan fingerprint density at radius 3 is 3.07 bits per heavy atom. The second kappa shape index (κ2) is 3.61. The molecule has 0 aliphatic rings. The molecule has 78 valence electrons. The van der Waals surface area contributed by atoms with E-state index in [2.05, 4.69) is 4.98 Å². The van der Waals surface area contributed by atoms with Crippen LogP contribution in [0.2, 0.25) is 0 Å². The topological polar surface area (TPSA) is 69.0 Å². The molecule has 5 nitrogen and oxygen atoms in total. The van der Waals surface area contributed by atoms with E-state index in [1.54, 1.807) is 18.2 Å². The summed E-state index contributed by atoms with van der Waals surface area (Å²) in [6.07, 6.45) is 0.956. The van der Waals surface area contributed by atoms with Crippen LogP contribution in [0.1, 0.15) is 6.92 Å². The van der Waals surface area contributed by atoms with Crippen LogP contribution in [0, 0.1) is 5.21 Å². The van der Waals surface area contributed by atoms with Crippen molar-refractivity contribution in [1.82, 2.24) is 4.98 Å². The van der Waals surface area contributed by atoms with Crippen LogP contribution in [0.15, 0.2) is 29.2 Å². The zero-order valence-electron chi connectivity index (χ0n) is 8.19. The van der Waals surface area contributed by atoms with Gasteiger partial charge in [0.15, 0.2) is 0 Å². The maximum atomic E-state index is 11.4. The first-order valence-electron chi connectivity index (χ1n) is 4.60. The molecule has 0 bridgehead atoms. The minimum atomic E-state index is -0.415. The van der Waals surface area contributed by atoms with Crippen LogP contribution in [0.3, 0.4) is 0 Å². The maximum absolute atomic E-state index is 11.4. The van der Waals surface area contributed by atoms with Gasteiger partial charge in [0.1, 0.15) is 11.3 Å². The van der Waals surface area contributed by atoms with E-state index in [4.69, 9.17) is 4.74 Å². The van der Waals surface area contributed by atoms with Crippen LogP contribution in [0.4, 0.5) is 0 Å². The number of ether oxygens (including phenoxy) is 1. The Kier molecular flexibility index (Phi) is 2.29. The highest BCUT2D eigenvalue weighted by Crippen LogP contribution is 2.15. The zero-order chi connectivity index (χ0) is 10.8. The van der Waals surface area contributed by atoms with Gasteiger partial charge in [0, 0.05) is 0 Å². The van der Waals surface area contributed by atoms with Crippen molar-refractivity contribution in [3.63, 3.8) is 0 Å². The Labute approximate surface area is 85.5 Å². The van der Waals surface area contributed by atoms with Gasteiger partial charge in [0.2, 0.25) is 11.7 Å². The summed E-state index contributed by atoms with van der Waals surface area (Å²) in [5, 5.41) is 11.4. The van der Waals surface area contributed by atoms with Crippen LogP contribution in [-0.2, 0) is 0 Å². The number of hydrogen-bond acceptors (Lipinski definition) is 3. The van der Waals surface area contributed by atoms with Crippen molar-refractivity contribution in [3.05, 3.63) is 40.0 Å². The van der Waals surface area contributed by atoms with Crippen LogP contribution in [0.5, 0.6) is 5.75 Å². The van der Waals surface area contributed by atoms with Crippen molar-refractivity contribution < 1.29 is 9.47 Å². The Bertz CT molecular complexity index is 548. The van der Waals surface area contributed by atoms with Crippen molar-refractivity contribution in [2.24, 2.45) is 0 Å². The van der Waals surface area contributed by atoms with E-state index in [0.717, 1.165) is 6.20 Å². The summed E-state index contributed by atoms with van der Waals surface area (Å²) in [4.78, 5) is 13.6. The number of aromatic amines is 1. The first-order valence-corrected chi connectivity index (χ1v) is 4.60. The number of hydrogen-bond donors (Lipinski definition) is 1. The largest absolute Gasteiger partial charge is 0.618 e. The SMILES string of the molecule is CCOc1ccc2[nH]c(=O)c[n+]([O-])c2c1. The van der Waals surface area contributed by atoms with Gasteiger partial charge in [-0.1, -0.05) is 0 Å². The highest BCUT2D eigenvalue weighted by Gasteiger charge is 2.06. The highest BCUT2D eigenvalue weighted by atomic mass is 16.5. The number of nitrogens with one attached hydrogen (secondary N) is 1. The van der Waals surface area contributed by atoms with E-state index in [-0.39, 0.29) is 0 Å². The van der Waals surface area contributed by atoms with Gasteiger partial charge in [-0.15, -0.1) is 0 Å². The van der Waals surface area contributed by atoms with Gasteiger partial charge in [-0.2, -0.15) is 4.73 Å². The summed E-state index contributed by atoms with van der Waals surface area (Å²) >= 11 is 0. The Morgan fingerprint density at radius 1 is 1.53 bits per heavy atom. The molecule has 5 heteroatoms. The average molecular weight is 206 g/mol. The molecule has 0 radical (unpaired) electrons. The van der Waals surface area contributed by atoms with E-state index in [9.17, 15) is 10.0 Å². The van der Waals surface area contributed by atoms with Crippen LogP contribution in [-0.4, -0.2) is 11.6 Å². The lowest BCUT2D eigenvalue weighted by Gasteiger charge is -2.04. The monoisotopic (exact) mass is 206 g/mol. The third-order valence-corrected chi connectivity index (χ3v) is 2.01. The van der Waals surface area contributed by atoms with Gasteiger partial charge in [-0.05, 0) is 19.1 Å². The normalized spacial score (nSPS) is 10.5. The first-order chi connectivity index (χ1) is 7.20. The smallest absolute Gasteiger partial charge is 0.314 e. The fourth-order valence-corrected chi connectivity index (χ4v) is 1.40. The molecule has 0 aliphatic carbocycles. The molecular weight excluding hydrogens is 196 g/mol. The lowest BCUT2D eigenvalue weighted by atomic mass is 10.3. The van der Waals surface area contributed by atoms with Crippen LogP contribution < -0.4 is 15.0 Å². The quantitative estimate of drug-likeness (QED) is 0.576. The Hall–Kier alpha value is -2.04. The summed E-state index contributed by atoms with van der Waals surface area (Å²) in [5.74, 6) is 0.613. The summed E-state index contributed by atoms with van der Waals surface area (Å²) in [6, 6.07) is 4.96. The van der Waals surface area contributed by atoms with Gasteiger partial charge in [-0.25, -0.2) is 0 Å². The summed E-state index contributed by atoms with van der Waals surface area (Å²) < 4.78 is 5.79. The summed E-state index contributed by atoms with van der Waals surface area (Å²) in [5.41, 5.74) is 0.475. The molecule has 0 saturated heterocycles. The van der Waals surface area contributed by atoms with Crippen molar-refractivity contribution in [2.45, 2.75) is 6.92 Å². The number of benzene rings is 1. The van der Waals surface area contributed by atoms with Crippen LogP contribution in [0.25, 0.3) is 11.0 Å². The molecule has 1 heterocycles. The molecule has 2 rings (SSSR count). The first kappa shape index (κ1) is 9.51. The molecule has 15 heavy (non-hydrogen) atoms. The number of rotatable bonds is 2. The standard InChI is InChI=1S/C10H10N2O3/c1-2-15-7-3-4-8-9(5-7)12(14)6-10(13)11-8/h3-6H,2H2,1H3,(H,11,13). The van der Waals surface area contributed by atoms with Gasteiger partial charge in [-0.3, -0.25) is 4.79 Å². The van der Waals surface area contributed by atoms with Crippen LogP contribution >= 0.6 is 0 Å². The van der Waals surface area contributed by atoms with Crippen molar-refractivity contribution in [2.75, 3.05) is 6.61 Å². The molecule has 0 amide bonds. The molecule has 1 N–H and O–H groups in total. The second-order valence-corrected chi connectivity index (χ2v) is 3.06. The molecule has 0 saturated carbocycles. The molecule has 0 spiro atoms. The Balaban J connectivity index is 2.66. The zero-order valence-corrected chi connectivity index (χ0v) is 8.19. The van der Waals surface area contributed by atoms with Crippen molar-refractivity contribution >= 4 is 11.0 Å². The number of nitrogens with zero attached hydrogens (tertiary/aromatic N) is 1. The molecule has 0 atom stereocenters. The fourth-order valence-electron chi connectivity index (χ4n) is 1.40. The minimum Gasteiger partial charge on any atom is -0.618 e. The van der Waals surface area contributed by atoms with Gasteiger partial charge in [0.25, 0.3) is 0 Å². The number of H-pyrrole nitrogens is 1. The number of fused-ring (bicyclic) bond motifs is 1. The molecule has 1 aromatic heterocycles.